The number of nitrogens with one attached hydrogen (secondary N) is 1. The molecule has 0 aliphatic heterocycles. The molecule has 2 aromatic rings. The van der Waals surface area contributed by atoms with Gasteiger partial charge in [0.25, 0.3) is 5.69 Å². The maximum Gasteiger partial charge on any atom is 0.292 e. The zero-order valence-electron chi connectivity index (χ0n) is 11.6. The van der Waals surface area contributed by atoms with Crippen molar-refractivity contribution in [3.63, 3.8) is 0 Å². The lowest BCUT2D eigenvalue weighted by molar-refractivity contribution is -0.384. The second-order valence-corrected chi connectivity index (χ2v) is 5.32. The van der Waals surface area contributed by atoms with Gasteiger partial charge in [-0.15, -0.1) is 0 Å². The molecule has 0 spiro atoms. The minimum atomic E-state index is -0.582. The summed E-state index contributed by atoms with van der Waals surface area (Å²) in [6.45, 7) is 1.82. The summed E-state index contributed by atoms with van der Waals surface area (Å²) < 4.78 is 0. The highest BCUT2D eigenvalue weighted by atomic mass is 16.6. The smallest absolute Gasteiger partial charge is 0.292 e. The molecule has 5 nitrogen and oxygen atoms in total. The molecule has 1 aliphatic carbocycles. The van der Waals surface area contributed by atoms with Crippen LogP contribution in [-0.4, -0.2) is 16.1 Å². The van der Waals surface area contributed by atoms with Gasteiger partial charge >= 0.3 is 0 Å². The molecule has 0 unspecified atom stereocenters. The first-order valence-corrected chi connectivity index (χ1v) is 6.84. The van der Waals surface area contributed by atoms with Crippen LogP contribution in [0, 0.1) is 17.0 Å². The molecular weight excluding hydrogens is 268 g/mol. The fourth-order valence-corrected chi connectivity index (χ4v) is 2.90. The Morgan fingerprint density at radius 1 is 1.24 bits per heavy atom. The van der Waals surface area contributed by atoms with Crippen LogP contribution in [-0.2, 0) is 6.42 Å². The minimum absolute atomic E-state index is 0.0339. The third-order valence-electron chi connectivity index (χ3n) is 3.95. The maximum atomic E-state index is 11.2. The Morgan fingerprint density at radius 3 is 2.76 bits per heavy atom. The molecular formula is C16H16N2O3. The van der Waals surface area contributed by atoms with Crippen molar-refractivity contribution in [2.45, 2.75) is 25.5 Å². The van der Waals surface area contributed by atoms with E-state index in [1.165, 1.54) is 6.07 Å². The van der Waals surface area contributed by atoms with Crippen LogP contribution in [0.3, 0.4) is 0 Å². The van der Waals surface area contributed by atoms with E-state index >= 15 is 0 Å². The molecule has 0 radical (unpaired) electrons. The Morgan fingerprint density at radius 2 is 2.00 bits per heavy atom. The molecule has 1 aliphatic rings. The van der Waals surface area contributed by atoms with Gasteiger partial charge in [0.1, 0.15) is 5.69 Å². The van der Waals surface area contributed by atoms with Gasteiger partial charge < -0.3 is 10.4 Å². The van der Waals surface area contributed by atoms with E-state index in [4.69, 9.17) is 0 Å². The first kappa shape index (κ1) is 13.6. The average molecular weight is 284 g/mol. The van der Waals surface area contributed by atoms with Crippen LogP contribution in [0.5, 0.6) is 0 Å². The minimum Gasteiger partial charge on any atom is -0.390 e. The van der Waals surface area contributed by atoms with Gasteiger partial charge in [-0.1, -0.05) is 36.4 Å². The van der Waals surface area contributed by atoms with E-state index in [-0.39, 0.29) is 11.7 Å². The van der Waals surface area contributed by atoms with Gasteiger partial charge in [0, 0.05) is 12.5 Å². The second-order valence-electron chi connectivity index (χ2n) is 5.32. The molecule has 0 fully saturated rings. The van der Waals surface area contributed by atoms with E-state index in [0.717, 1.165) is 16.7 Å². The van der Waals surface area contributed by atoms with E-state index in [0.29, 0.717) is 12.1 Å². The summed E-state index contributed by atoms with van der Waals surface area (Å²) in [5.41, 5.74) is 3.39. The Bertz CT molecular complexity index is 700. The number of anilines is 1. The van der Waals surface area contributed by atoms with Crippen LogP contribution in [0.1, 0.15) is 22.7 Å². The van der Waals surface area contributed by atoms with Gasteiger partial charge in [-0.3, -0.25) is 10.1 Å². The summed E-state index contributed by atoms with van der Waals surface area (Å²) in [6.07, 6.45) is -0.0188. The number of nitrogens with zero attached hydrogens (tertiary/aromatic N) is 1. The van der Waals surface area contributed by atoms with Crippen molar-refractivity contribution in [3.05, 3.63) is 69.3 Å². The molecule has 0 amide bonds. The zero-order chi connectivity index (χ0) is 15.0. The molecule has 108 valence electrons. The third-order valence-corrected chi connectivity index (χ3v) is 3.95. The van der Waals surface area contributed by atoms with Crippen molar-refractivity contribution in [2.75, 3.05) is 5.32 Å². The zero-order valence-corrected chi connectivity index (χ0v) is 11.6. The maximum absolute atomic E-state index is 11.2. The molecule has 2 aromatic carbocycles. The summed E-state index contributed by atoms with van der Waals surface area (Å²) in [5, 5.41) is 24.6. The number of rotatable bonds is 3. The molecule has 5 heteroatoms. The lowest BCUT2D eigenvalue weighted by atomic mass is 10.1. The molecule has 0 saturated carbocycles. The van der Waals surface area contributed by atoms with Crippen molar-refractivity contribution in [3.8, 4) is 0 Å². The highest BCUT2D eigenvalue weighted by molar-refractivity contribution is 5.67. The van der Waals surface area contributed by atoms with E-state index in [1.807, 2.05) is 37.3 Å². The Labute approximate surface area is 122 Å². The van der Waals surface area contributed by atoms with Crippen molar-refractivity contribution < 1.29 is 10.0 Å². The number of hydrogen-bond donors (Lipinski definition) is 2. The van der Waals surface area contributed by atoms with Crippen LogP contribution in [0.2, 0.25) is 0 Å². The lowest BCUT2D eigenvalue weighted by Crippen LogP contribution is -2.22. The fraction of sp³-hybridized carbons (Fsp3) is 0.250. The van der Waals surface area contributed by atoms with E-state index in [2.05, 4.69) is 5.32 Å². The summed E-state index contributed by atoms with van der Waals surface area (Å²) in [6, 6.07) is 12.4. The normalized spacial score (nSPS) is 20.1. The largest absolute Gasteiger partial charge is 0.390 e. The number of hydrogen-bond acceptors (Lipinski definition) is 4. The number of fused-ring (bicyclic) bond motifs is 1. The molecule has 3 rings (SSSR count). The SMILES string of the molecule is Cc1cccc([N+](=O)[O-])c1N[C@H]1c2ccccc2C[C@H]1O. The highest BCUT2D eigenvalue weighted by Crippen LogP contribution is 2.37. The van der Waals surface area contributed by atoms with Gasteiger partial charge in [-0.25, -0.2) is 0 Å². The van der Waals surface area contributed by atoms with E-state index in [9.17, 15) is 15.2 Å². The topological polar surface area (TPSA) is 75.4 Å². The molecule has 0 aromatic heterocycles. The molecule has 0 bridgehead atoms. The Hall–Kier alpha value is -2.40. The van der Waals surface area contributed by atoms with Crippen LogP contribution in [0.4, 0.5) is 11.4 Å². The van der Waals surface area contributed by atoms with Crippen molar-refractivity contribution >= 4 is 11.4 Å². The first-order valence-electron chi connectivity index (χ1n) is 6.84. The number of nitro benzene ring substituents is 1. The van der Waals surface area contributed by atoms with Crippen LogP contribution in [0.15, 0.2) is 42.5 Å². The molecule has 2 atom stereocenters. The van der Waals surface area contributed by atoms with Gasteiger partial charge in [-0.05, 0) is 23.6 Å². The highest BCUT2D eigenvalue weighted by Gasteiger charge is 2.32. The summed E-state index contributed by atoms with van der Waals surface area (Å²) in [4.78, 5) is 10.8. The van der Waals surface area contributed by atoms with Crippen LogP contribution < -0.4 is 5.32 Å². The molecule has 21 heavy (non-hydrogen) atoms. The van der Waals surface area contributed by atoms with Crippen molar-refractivity contribution in [1.82, 2.24) is 0 Å². The average Bonchev–Trinajstić information content (AvgIpc) is 2.77. The summed E-state index contributed by atoms with van der Waals surface area (Å²) in [5.74, 6) is 0. The standard InChI is InChI=1S/C16H16N2O3/c1-10-5-4-8-13(18(20)21)15(10)17-16-12-7-3-2-6-11(12)9-14(16)19/h2-8,14,16-17,19H,9H2,1H3/t14-,16+/m1/s1. The number of aliphatic hydroxyl groups is 1. The Kier molecular flexibility index (Phi) is 3.35. The van der Waals surface area contributed by atoms with Gasteiger partial charge in [0.05, 0.1) is 17.1 Å². The monoisotopic (exact) mass is 284 g/mol. The quantitative estimate of drug-likeness (QED) is 0.671. The summed E-state index contributed by atoms with van der Waals surface area (Å²) in [7, 11) is 0. The predicted octanol–water partition coefficient (Wildman–Crippen LogP) is 2.97. The van der Waals surface area contributed by atoms with Gasteiger partial charge in [0.15, 0.2) is 0 Å². The van der Waals surface area contributed by atoms with Crippen LogP contribution in [0.25, 0.3) is 0 Å². The lowest BCUT2D eigenvalue weighted by Gasteiger charge is -2.20. The van der Waals surface area contributed by atoms with E-state index < -0.39 is 11.0 Å². The summed E-state index contributed by atoms with van der Waals surface area (Å²) >= 11 is 0. The van der Waals surface area contributed by atoms with Gasteiger partial charge in [0.2, 0.25) is 0 Å². The predicted molar refractivity (Wildman–Crippen MR) is 80.3 cm³/mol. The number of aryl methyl sites for hydroxylation is 1. The fourth-order valence-electron chi connectivity index (χ4n) is 2.90. The molecule has 0 heterocycles. The molecule has 2 N–H and O–H groups in total. The van der Waals surface area contributed by atoms with E-state index in [1.54, 1.807) is 6.07 Å². The first-order chi connectivity index (χ1) is 10.1. The number of para-hydroxylation sites is 1. The number of aliphatic hydroxyl groups excluding tert-OH is 1. The van der Waals surface area contributed by atoms with Gasteiger partial charge in [-0.2, -0.15) is 0 Å². The Balaban J connectivity index is 2.00. The van der Waals surface area contributed by atoms with Crippen LogP contribution >= 0.6 is 0 Å². The third kappa shape index (κ3) is 2.36. The van der Waals surface area contributed by atoms with Crippen molar-refractivity contribution in [2.24, 2.45) is 0 Å². The number of nitro groups is 1. The molecule has 0 saturated heterocycles. The number of benzene rings is 2. The van der Waals surface area contributed by atoms with Crippen molar-refractivity contribution in [1.29, 1.82) is 0 Å². The second kappa shape index (κ2) is 5.18.